The summed E-state index contributed by atoms with van der Waals surface area (Å²) in [4.78, 5) is 9.88. The third-order valence-corrected chi connectivity index (χ3v) is 4.16. The first-order valence-corrected chi connectivity index (χ1v) is 10.6. The first kappa shape index (κ1) is 26.3. The monoisotopic (exact) mass is 428 g/mol. The van der Waals surface area contributed by atoms with E-state index >= 15 is 0 Å². The summed E-state index contributed by atoms with van der Waals surface area (Å²) in [7, 11) is 1.54. The highest BCUT2D eigenvalue weighted by molar-refractivity contribution is 6.01. The molecule has 0 unspecified atom stereocenters. The highest BCUT2D eigenvalue weighted by atomic mass is 16.6. The average molecular weight is 429 g/mol. The number of hydrogen-bond acceptors (Lipinski definition) is 6. The molecule has 0 aromatic heterocycles. The van der Waals surface area contributed by atoms with Crippen molar-refractivity contribution < 1.29 is 19.1 Å². The van der Waals surface area contributed by atoms with E-state index in [1.54, 1.807) is 7.11 Å². The Morgan fingerprint density at radius 3 is 1.42 bits per heavy atom. The fraction of sp³-hybridized carbons (Fsp3) is 0.440. The van der Waals surface area contributed by atoms with Crippen LogP contribution in [0.5, 0.6) is 0 Å². The minimum atomic E-state index is 0.480. The summed E-state index contributed by atoms with van der Waals surface area (Å²) in [5, 5.41) is 8.02. The number of rotatable bonds is 11. The van der Waals surface area contributed by atoms with Gasteiger partial charge in [0.1, 0.15) is 25.1 Å². The van der Waals surface area contributed by atoms with Crippen molar-refractivity contribution in [2.24, 2.45) is 10.3 Å². The van der Waals surface area contributed by atoms with Crippen molar-refractivity contribution in [2.45, 2.75) is 34.6 Å². The van der Waals surface area contributed by atoms with Gasteiger partial charge in [-0.2, -0.15) is 0 Å². The molecule has 0 atom stereocenters. The largest absolute Gasteiger partial charge is 0.399 e. The van der Waals surface area contributed by atoms with Crippen molar-refractivity contribution in [3.05, 3.63) is 70.8 Å². The zero-order chi connectivity index (χ0) is 22.9. The second kappa shape index (κ2) is 16.1. The summed E-state index contributed by atoms with van der Waals surface area (Å²) in [6, 6.07) is 16.3. The van der Waals surface area contributed by atoms with Crippen LogP contribution >= 0.6 is 0 Å². The van der Waals surface area contributed by atoms with Crippen molar-refractivity contribution in [2.75, 3.05) is 40.1 Å². The molecule has 0 fully saturated rings. The van der Waals surface area contributed by atoms with Crippen LogP contribution in [-0.4, -0.2) is 51.6 Å². The van der Waals surface area contributed by atoms with Crippen molar-refractivity contribution >= 4 is 11.4 Å². The second-order valence-corrected chi connectivity index (χ2v) is 6.68. The molecule has 0 heterocycles. The topological polar surface area (TPSA) is 61.6 Å². The molecule has 0 aliphatic rings. The summed E-state index contributed by atoms with van der Waals surface area (Å²) >= 11 is 0. The zero-order valence-corrected chi connectivity index (χ0v) is 19.7. The molecule has 2 aromatic carbocycles. The molecule has 0 aliphatic carbocycles. The van der Waals surface area contributed by atoms with Gasteiger partial charge in [0.15, 0.2) is 0 Å². The van der Waals surface area contributed by atoms with E-state index in [1.165, 1.54) is 11.1 Å². The van der Waals surface area contributed by atoms with Gasteiger partial charge in [-0.25, -0.2) is 0 Å². The quantitative estimate of drug-likeness (QED) is 0.367. The summed E-state index contributed by atoms with van der Waals surface area (Å²) in [6.07, 6.45) is 0. The minimum Gasteiger partial charge on any atom is -0.399 e. The molecule has 0 N–H and O–H groups in total. The Morgan fingerprint density at radius 1 is 0.645 bits per heavy atom. The van der Waals surface area contributed by atoms with E-state index in [9.17, 15) is 0 Å². The van der Waals surface area contributed by atoms with Gasteiger partial charge in [0.25, 0.3) is 0 Å². The van der Waals surface area contributed by atoms with E-state index in [-0.39, 0.29) is 0 Å². The third-order valence-electron chi connectivity index (χ3n) is 4.16. The molecule has 0 spiro atoms. The van der Waals surface area contributed by atoms with Gasteiger partial charge in [-0.1, -0.05) is 70.0 Å². The SMILES string of the molecule is CCOC/C(=N\OC)c1ccc(C)cc1.CCOC/C(=N\OCC)c1ccc(C)cc1. The highest BCUT2D eigenvalue weighted by Gasteiger charge is 2.05. The van der Waals surface area contributed by atoms with Crippen LogP contribution in [0.3, 0.4) is 0 Å². The molecule has 0 saturated carbocycles. The van der Waals surface area contributed by atoms with Gasteiger partial charge in [0.05, 0.1) is 13.2 Å². The number of oxime groups is 2. The number of nitrogens with zero attached hydrogens (tertiary/aromatic N) is 2. The van der Waals surface area contributed by atoms with Gasteiger partial charge in [-0.3, -0.25) is 0 Å². The smallest absolute Gasteiger partial charge is 0.114 e. The summed E-state index contributed by atoms with van der Waals surface area (Å²) in [6.45, 7) is 12.8. The number of aryl methyl sites for hydroxylation is 2. The maximum absolute atomic E-state index is 5.37. The predicted molar refractivity (Wildman–Crippen MR) is 127 cm³/mol. The van der Waals surface area contributed by atoms with E-state index in [0.29, 0.717) is 33.0 Å². The molecule has 2 rings (SSSR count). The van der Waals surface area contributed by atoms with Gasteiger partial charge in [0.2, 0.25) is 0 Å². The van der Waals surface area contributed by atoms with Gasteiger partial charge < -0.3 is 19.1 Å². The van der Waals surface area contributed by atoms with Crippen LogP contribution in [0.4, 0.5) is 0 Å². The minimum absolute atomic E-state index is 0.480. The first-order valence-electron chi connectivity index (χ1n) is 10.6. The van der Waals surface area contributed by atoms with Gasteiger partial charge in [-0.05, 0) is 34.6 Å². The zero-order valence-electron chi connectivity index (χ0n) is 19.7. The van der Waals surface area contributed by atoms with Crippen LogP contribution in [-0.2, 0) is 19.1 Å². The molecule has 0 bridgehead atoms. The third kappa shape index (κ3) is 10.8. The lowest BCUT2D eigenvalue weighted by molar-refractivity contribution is 0.148. The Bertz CT molecular complexity index is 784. The van der Waals surface area contributed by atoms with Crippen LogP contribution < -0.4 is 0 Å². The highest BCUT2D eigenvalue weighted by Crippen LogP contribution is 2.07. The standard InChI is InChI=1S/C13H19NO2.C12H17NO2/c1-4-15-10-13(14-16-5-2)12-8-6-11(3)7-9-12;1-4-15-9-12(13-14-3)11-7-5-10(2)6-8-11/h6-9H,4-5,10H2,1-3H3;5-8H,4,9H2,1-3H3/b14-13+;13-12+. The summed E-state index contributed by atoms with van der Waals surface area (Å²) in [5.74, 6) is 0. The lowest BCUT2D eigenvalue weighted by atomic mass is 10.1. The van der Waals surface area contributed by atoms with Crippen LogP contribution in [0.25, 0.3) is 0 Å². The van der Waals surface area contributed by atoms with Crippen LogP contribution in [0, 0.1) is 13.8 Å². The van der Waals surface area contributed by atoms with Gasteiger partial charge >= 0.3 is 0 Å². The molecule has 0 aliphatic heterocycles. The summed E-state index contributed by atoms with van der Waals surface area (Å²) < 4.78 is 10.7. The predicted octanol–water partition coefficient (Wildman–Crippen LogP) is 5.15. The molecule has 0 radical (unpaired) electrons. The molecule has 6 nitrogen and oxygen atoms in total. The maximum atomic E-state index is 5.37. The Kier molecular flexibility index (Phi) is 13.6. The Hall–Kier alpha value is -2.70. The fourth-order valence-corrected chi connectivity index (χ4v) is 2.47. The molecule has 0 amide bonds. The molecular weight excluding hydrogens is 392 g/mol. The lowest BCUT2D eigenvalue weighted by Crippen LogP contribution is -2.11. The van der Waals surface area contributed by atoms with E-state index in [2.05, 4.69) is 36.3 Å². The molecule has 2 aromatic rings. The molecule has 6 heteroatoms. The lowest BCUT2D eigenvalue weighted by Gasteiger charge is -2.06. The van der Waals surface area contributed by atoms with Crippen LogP contribution in [0.2, 0.25) is 0 Å². The van der Waals surface area contributed by atoms with Crippen molar-refractivity contribution in [1.29, 1.82) is 0 Å². The normalized spacial score (nSPS) is 11.5. The first-order chi connectivity index (χ1) is 15.0. The fourth-order valence-electron chi connectivity index (χ4n) is 2.47. The van der Waals surface area contributed by atoms with Crippen LogP contribution in [0.15, 0.2) is 58.8 Å². The average Bonchev–Trinajstić information content (AvgIpc) is 2.79. The number of hydrogen-bond donors (Lipinski definition) is 0. The van der Waals surface area contributed by atoms with Crippen molar-refractivity contribution in [1.82, 2.24) is 0 Å². The van der Waals surface area contributed by atoms with Crippen molar-refractivity contribution in [3.8, 4) is 0 Å². The van der Waals surface area contributed by atoms with E-state index < -0.39 is 0 Å². The van der Waals surface area contributed by atoms with E-state index in [0.717, 1.165) is 22.6 Å². The van der Waals surface area contributed by atoms with Crippen molar-refractivity contribution in [3.63, 3.8) is 0 Å². The van der Waals surface area contributed by atoms with E-state index in [1.807, 2.05) is 57.2 Å². The molecule has 170 valence electrons. The van der Waals surface area contributed by atoms with Crippen LogP contribution in [0.1, 0.15) is 43.0 Å². The Balaban J connectivity index is 0.000000311. The van der Waals surface area contributed by atoms with Gasteiger partial charge in [0, 0.05) is 24.3 Å². The maximum Gasteiger partial charge on any atom is 0.114 e. The summed E-state index contributed by atoms with van der Waals surface area (Å²) in [5.41, 5.74) is 6.20. The van der Waals surface area contributed by atoms with E-state index in [4.69, 9.17) is 19.1 Å². The van der Waals surface area contributed by atoms with Gasteiger partial charge in [-0.15, -0.1) is 0 Å². The molecular formula is C25H36N2O4. The molecule has 0 saturated heterocycles. The number of ether oxygens (including phenoxy) is 2. The number of benzene rings is 2. The Morgan fingerprint density at radius 2 is 1.06 bits per heavy atom. The molecule has 31 heavy (non-hydrogen) atoms. The Labute approximate surface area is 186 Å². The second-order valence-electron chi connectivity index (χ2n) is 6.68.